The zero-order valence-corrected chi connectivity index (χ0v) is 14.5. The van der Waals surface area contributed by atoms with Crippen molar-refractivity contribution in [3.05, 3.63) is 120 Å². The number of hydrogen-bond donors (Lipinski definition) is 0. The molecule has 0 N–H and O–H groups in total. The fraction of sp³-hybridized carbons (Fsp3) is 0.0870. The zero-order valence-electron chi connectivity index (χ0n) is 14.5. The summed E-state index contributed by atoms with van der Waals surface area (Å²) in [6.07, 6.45) is 1.72. The van der Waals surface area contributed by atoms with Gasteiger partial charge in [-0.1, -0.05) is 84.9 Å². The predicted molar refractivity (Wildman–Crippen MR) is 103 cm³/mol. The molecule has 0 saturated carbocycles. The first kappa shape index (κ1) is 17.6. The number of hydrogen-bond acceptors (Lipinski definition) is 2. The summed E-state index contributed by atoms with van der Waals surface area (Å²) in [5.41, 5.74) is 2.51. The van der Waals surface area contributed by atoms with Crippen LogP contribution in [0.3, 0.4) is 0 Å². The molecule has 130 valence electrons. The topological polar surface area (TPSA) is 29.5 Å². The number of hydroxylamine groups is 2. The lowest BCUT2D eigenvalue weighted by Gasteiger charge is -2.29. The number of amides is 1. The van der Waals surface area contributed by atoms with Gasteiger partial charge in [0.1, 0.15) is 12.6 Å². The smallest absolute Gasteiger partial charge is 0.267 e. The molecule has 0 radical (unpaired) electrons. The molecule has 0 unspecified atom stereocenters. The maximum Gasteiger partial charge on any atom is 0.278 e. The summed E-state index contributed by atoms with van der Waals surface area (Å²) in [5.74, 6) is -0.199. The van der Waals surface area contributed by atoms with E-state index in [0.29, 0.717) is 12.2 Å². The number of benzene rings is 3. The van der Waals surface area contributed by atoms with Crippen molar-refractivity contribution in [3.63, 3.8) is 0 Å². The lowest BCUT2D eigenvalue weighted by atomic mass is 10.1. The first-order valence-electron chi connectivity index (χ1n) is 8.52. The molecule has 0 saturated heterocycles. The van der Waals surface area contributed by atoms with E-state index in [1.54, 1.807) is 18.2 Å². The van der Waals surface area contributed by atoms with E-state index >= 15 is 0 Å². The highest BCUT2D eigenvalue weighted by molar-refractivity contribution is 5.93. The van der Waals surface area contributed by atoms with Gasteiger partial charge in [-0.25, -0.2) is 5.06 Å². The Morgan fingerprint density at radius 2 is 1.42 bits per heavy atom. The van der Waals surface area contributed by atoms with Gasteiger partial charge < -0.3 is 0 Å². The Balaban J connectivity index is 1.89. The van der Waals surface area contributed by atoms with Gasteiger partial charge in [-0.2, -0.15) is 0 Å². The third kappa shape index (κ3) is 4.26. The van der Waals surface area contributed by atoms with Crippen LogP contribution in [0, 0.1) is 0 Å². The van der Waals surface area contributed by atoms with Crippen molar-refractivity contribution in [2.24, 2.45) is 0 Å². The normalized spacial score (nSPS) is 11.5. The van der Waals surface area contributed by atoms with Crippen molar-refractivity contribution in [1.29, 1.82) is 0 Å². The number of carbonyl (C=O) groups is 1. The Morgan fingerprint density at radius 1 is 0.885 bits per heavy atom. The van der Waals surface area contributed by atoms with Gasteiger partial charge in [-0.05, 0) is 23.3 Å². The highest BCUT2D eigenvalue weighted by atomic mass is 16.7. The maximum atomic E-state index is 13.1. The van der Waals surface area contributed by atoms with E-state index in [1.807, 2.05) is 78.9 Å². The van der Waals surface area contributed by atoms with Crippen molar-refractivity contribution in [2.45, 2.75) is 12.6 Å². The van der Waals surface area contributed by atoms with Crippen molar-refractivity contribution < 1.29 is 9.63 Å². The van der Waals surface area contributed by atoms with Crippen LogP contribution < -0.4 is 0 Å². The van der Waals surface area contributed by atoms with Crippen molar-refractivity contribution in [1.82, 2.24) is 5.06 Å². The third-order valence-electron chi connectivity index (χ3n) is 4.05. The molecule has 26 heavy (non-hydrogen) atoms. The molecule has 0 spiro atoms. The molecular formula is C23H21NO2. The van der Waals surface area contributed by atoms with Crippen LogP contribution in [-0.4, -0.2) is 11.0 Å². The summed E-state index contributed by atoms with van der Waals surface area (Å²) >= 11 is 0. The van der Waals surface area contributed by atoms with Crippen molar-refractivity contribution in [3.8, 4) is 0 Å². The Hall–Kier alpha value is -3.17. The monoisotopic (exact) mass is 343 g/mol. The minimum Gasteiger partial charge on any atom is -0.267 e. The molecule has 0 aliphatic rings. The van der Waals surface area contributed by atoms with Crippen LogP contribution in [0.4, 0.5) is 0 Å². The van der Waals surface area contributed by atoms with E-state index in [0.717, 1.165) is 11.1 Å². The molecule has 0 aromatic heterocycles. The van der Waals surface area contributed by atoms with Crippen LogP contribution in [0.2, 0.25) is 0 Å². The number of rotatable bonds is 7. The first-order chi connectivity index (χ1) is 12.8. The predicted octanol–water partition coefficient (Wildman–Crippen LogP) is 5.19. The second-order valence-corrected chi connectivity index (χ2v) is 5.85. The summed E-state index contributed by atoms with van der Waals surface area (Å²) in [6, 6.07) is 28.3. The summed E-state index contributed by atoms with van der Waals surface area (Å²) in [4.78, 5) is 19.1. The lowest BCUT2D eigenvalue weighted by Crippen LogP contribution is -2.34. The zero-order chi connectivity index (χ0) is 18.2. The van der Waals surface area contributed by atoms with Gasteiger partial charge in [0.05, 0.1) is 0 Å². The van der Waals surface area contributed by atoms with E-state index in [1.165, 1.54) is 5.06 Å². The van der Waals surface area contributed by atoms with Gasteiger partial charge >= 0.3 is 0 Å². The van der Waals surface area contributed by atoms with E-state index in [-0.39, 0.29) is 11.9 Å². The molecule has 0 aliphatic heterocycles. The van der Waals surface area contributed by atoms with E-state index in [2.05, 4.69) is 6.58 Å². The van der Waals surface area contributed by atoms with Crippen LogP contribution in [0.15, 0.2) is 104 Å². The molecule has 3 nitrogen and oxygen atoms in total. The molecule has 1 amide bonds. The molecular weight excluding hydrogens is 322 g/mol. The fourth-order valence-corrected chi connectivity index (χ4v) is 2.71. The minimum atomic E-state index is -0.382. The molecule has 0 aliphatic carbocycles. The Labute approximate surface area is 154 Å². The van der Waals surface area contributed by atoms with Crippen molar-refractivity contribution in [2.75, 3.05) is 0 Å². The fourth-order valence-electron chi connectivity index (χ4n) is 2.71. The van der Waals surface area contributed by atoms with Crippen LogP contribution in [-0.2, 0) is 11.4 Å². The van der Waals surface area contributed by atoms with Gasteiger partial charge in [0.2, 0.25) is 0 Å². The third-order valence-corrected chi connectivity index (χ3v) is 4.05. The van der Waals surface area contributed by atoms with Crippen LogP contribution in [0.5, 0.6) is 0 Å². The highest BCUT2D eigenvalue weighted by Crippen LogP contribution is 2.25. The van der Waals surface area contributed by atoms with Crippen molar-refractivity contribution >= 4 is 5.91 Å². The summed E-state index contributed by atoms with van der Waals surface area (Å²) < 4.78 is 0. The molecule has 3 aromatic rings. The summed E-state index contributed by atoms with van der Waals surface area (Å²) in [6.45, 7) is 4.22. The molecule has 3 rings (SSSR count). The second kappa shape index (κ2) is 8.79. The SMILES string of the molecule is C=C[C@@H](c1ccccc1)N(OCc1ccccc1)C(=O)c1ccccc1. The van der Waals surface area contributed by atoms with Gasteiger partial charge in [0.15, 0.2) is 0 Å². The minimum absolute atomic E-state index is 0.199. The van der Waals surface area contributed by atoms with Gasteiger partial charge in [-0.15, -0.1) is 6.58 Å². The lowest BCUT2D eigenvalue weighted by molar-refractivity contribution is -0.150. The molecule has 0 bridgehead atoms. The average molecular weight is 343 g/mol. The maximum absolute atomic E-state index is 13.1. The Bertz CT molecular complexity index is 832. The molecule has 1 atom stereocenters. The molecule has 3 heteroatoms. The standard InChI is InChI=1S/C23H21NO2/c1-2-22(20-14-8-4-9-15-20)24(23(25)21-16-10-5-11-17-21)26-18-19-12-6-3-7-13-19/h2-17,22H,1,18H2/t22-/m0/s1. The number of carbonyl (C=O) groups excluding carboxylic acids is 1. The first-order valence-corrected chi connectivity index (χ1v) is 8.52. The average Bonchev–Trinajstić information content (AvgIpc) is 2.72. The largest absolute Gasteiger partial charge is 0.278 e. The van der Waals surface area contributed by atoms with Crippen LogP contribution in [0.25, 0.3) is 0 Å². The van der Waals surface area contributed by atoms with Gasteiger partial charge in [-0.3, -0.25) is 9.63 Å². The Morgan fingerprint density at radius 3 is 2.00 bits per heavy atom. The highest BCUT2D eigenvalue weighted by Gasteiger charge is 2.25. The quantitative estimate of drug-likeness (QED) is 0.436. The summed E-state index contributed by atoms with van der Waals surface area (Å²) in [5, 5.41) is 1.41. The Kier molecular flexibility index (Phi) is 5.96. The summed E-state index contributed by atoms with van der Waals surface area (Å²) in [7, 11) is 0. The van der Waals surface area contributed by atoms with Gasteiger partial charge in [0, 0.05) is 5.56 Å². The molecule has 0 fully saturated rings. The van der Waals surface area contributed by atoms with Crippen LogP contribution in [0.1, 0.15) is 27.5 Å². The molecule has 0 heterocycles. The number of nitrogens with zero attached hydrogens (tertiary/aromatic N) is 1. The van der Waals surface area contributed by atoms with E-state index in [9.17, 15) is 4.79 Å². The van der Waals surface area contributed by atoms with Gasteiger partial charge in [0.25, 0.3) is 5.91 Å². The second-order valence-electron chi connectivity index (χ2n) is 5.85. The van der Waals surface area contributed by atoms with E-state index in [4.69, 9.17) is 4.84 Å². The van der Waals surface area contributed by atoms with E-state index < -0.39 is 0 Å². The van der Waals surface area contributed by atoms with Crippen LogP contribution >= 0.6 is 0 Å². The molecule has 3 aromatic carbocycles.